The molecule has 3 heteroatoms. The number of hydrogen-bond acceptors (Lipinski definition) is 2. The van der Waals surface area contributed by atoms with Gasteiger partial charge in [0, 0.05) is 36.2 Å². The molecule has 0 aliphatic carbocycles. The lowest BCUT2D eigenvalue weighted by Gasteiger charge is -2.24. The summed E-state index contributed by atoms with van der Waals surface area (Å²) in [6, 6.07) is 8.45. The molecule has 0 spiro atoms. The number of para-hydroxylation sites is 1. The highest BCUT2D eigenvalue weighted by atomic mass is 15.0. The fraction of sp³-hybridized carbons (Fsp3) is 0.429. The number of aryl methyl sites for hydroxylation is 1. The molecule has 0 aliphatic heterocycles. The Morgan fingerprint density at radius 1 is 1.24 bits per heavy atom. The predicted molar refractivity (Wildman–Crippen MR) is 74.5 cm³/mol. The smallest absolute Gasteiger partial charge is 0.0600 e. The van der Waals surface area contributed by atoms with Gasteiger partial charge in [0.25, 0.3) is 0 Å². The van der Waals surface area contributed by atoms with E-state index < -0.39 is 0 Å². The fourth-order valence-corrected chi connectivity index (χ4v) is 1.89. The highest BCUT2D eigenvalue weighted by Crippen LogP contribution is 2.25. The SMILES string of the molecule is CNC(C)(C)CNc1cn(C)c2ccccc12. The van der Waals surface area contributed by atoms with Crippen molar-refractivity contribution < 1.29 is 0 Å². The molecule has 0 aliphatic rings. The zero-order chi connectivity index (χ0) is 12.5. The van der Waals surface area contributed by atoms with Crippen LogP contribution in [0.5, 0.6) is 0 Å². The molecule has 0 fully saturated rings. The molecule has 0 saturated carbocycles. The van der Waals surface area contributed by atoms with Gasteiger partial charge in [-0.15, -0.1) is 0 Å². The number of rotatable bonds is 4. The molecular formula is C14H21N3. The monoisotopic (exact) mass is 231 g/mol. The van der Waals surface area contributed by atoms with E-state index in [2.05, 4.69) is 66.6 Å². The van der Waals surface area contributed by atoms with Crippen LogP contribution in [0.2, 0.25) is 0 Å². The molecule has 0 amide bonds. The second kappa shape index (κ2) is 4.41. The van der Waals surface area contributed by atoms with Gasteiger partial charge < -0.3 is 15.2 Å². The average molecular weight is 231 g/mol. The van der Waals surface area contributed by atoms with E-state index in [1.165, 1.54) is 16.6 Å². The van der Waals surface area contributed by atoms with Crippen molar-refractivity contribution in [3.8, 4) is 0 Å². The van der Waals surface area contributed by atoms with Crippen molar-refractivity contribution in [2.75, 3.05) is 18.9 Å². The summed E-state index contributed by atoms with van der Waals surface area (Å²) in [4.78, 5) is 0. The third kappa shape index (κ3) is 2.44. The summed E-state index contributed by atoms with van der Waals surface area (Å²) in [5.41, 5.74) is 2.56. The summed E-state index contributed by atoms with van der Waals surface area (Å²) in [5.74, 6) is 0. The molecule has 0 unspecified atom stereocenters. The molecule has 1 heterocycles. The number of fused-ring (bicyclic) bond motifs is 1. The molecule has 0 bridgehead atoms. The van der Waals surface area contributed by atoms with Crippen LogP contribution >= 0.6 is 0 Å². The zero-order valence-corrected chi connectivity index (χ0v) is 11.0. The van der Waals surface area contributed by atoms with Gasteiger partial charge in [-0.05, 0) is 27.0 Å². The Morgan fingerprint density at radius 2 is 1.94 bits per heavy atom. The van der Waals surface area contributed by atoms with Crippen molar-refractivity contribution in [1.82, 2.24) is 9.88 Å². The number of nitrogens with one attached hydrogen (secondary N) is 2. The van der Waals surface area contributed by atoms with Crippen molar-refractivity contribution >= 4 is 16.6 Å². The molecule has 0 atom stereocenters. The lowest BCUT2D eigenvalue weighted by Crippen LogP contribution is -2.42. The molecule has 2 rings (SSSR count). The number of aromatic nitrogens is 1. The maximum absolute atomic E-state index is 3.52. The van der Waals surface area contributed by atoms with Gasteiger partial charge in [0.1, 0.15) is 0 Å². The first kappa shape index (κ1) is 12.0. The van der Waals surface area contributed by atoms with Gasteiger partial charge in [0.2, 0.25) is 0 Å². The van der Waals surface area contributed by atoms with Crippen LogP contribution in [0.1, 0.15) is 13.8 Å². The Bertz CT molecular complexity index is 511. The number of nitrogens with zero attached hydrogens (tertiary/aromatic N) is 1. The molecule has 1 aromatic heterocycles. The van der Waals surface area contributed by atoms with E-state index in [1.54, 1.807) is 0 Å². The molecule has 2 aromatic rings. The second-order valence-corrected chi connectivity index (χ2v) is 5.16. The van der Waals surface area contributed by atoms with Crippen molar-refractivity contribution in [3.05, 3.63) is 30.5 Å². The Balaban J connectivity index is 2.25. The second-order valence-electron chi connectivity index (χ2n) is 5.16. The lowest BCUT2D eigenvalue weighted by molar-refractivity contribution is 0.448. The van der Waals surface area contributed by atoms with Gasteiger partial charge in [-0.3, -0.25) is 0 Å². The molecule has 2 N–H and O–H groups in total. The predicted octanol–water partition coefficient (Wildman–Crippen LogP) is 2.59. The highest BCUT2D eigenvalue weighted by Gasteiger charge is 2.15. The Labute approximate surface area is 103 Å². The minimum absolute atomic E-state index is 0.0942. The van der Waals surface area contributed by atoms with E-state index >= 15 is 0 Å². The van der Waals surface area contributed by atoms with Gasteiger partial charge in [-0.25, -0.2) is 0 Å². The Hall–Kier alpha value is -1.48. The topological polar surface area (TPSA) is 29.0 Å². The molecule has 3 nitrogen and oxygen atoms in total. The fourth-order valence-electron chi connectivity index (χ4n) is 1.89. The minimum atomic E-state index is 0.0942. The van der Waals surface area contributed by atoms with Gasteiger partial charge in [-0.1, -0.05) is 18.2 Å². The minimum Gasteiger partial charge on any atom is -0.381 e. The maximum Gasteiger partial charge on any atom is 0.0600 e. The van der Waals surface area contributed by atoms with Gasteiger partial charge >= 0.3 is 0 Å². The molecule has 0 radical (unpaired) electrons. The largest absolute Gasteiger partial charge is 0.381 e. The van der Waals surface area contributed by atoms with E-state index in [4.69, 9.17) is 0 Å². The highest BCUT2D eigenvalue weighted by molar-refractivity contribution is 5.92. The van der Waals surface area contributed by atoms with Crippen LogP contribution in [-0.4, -0.2) is 23.7 Å². The normalized spacial score (nSPS) is 12.0. The molecule has 17 heavy (non-hydrogen) atoms. The van der Waals surface area contributed by atoms with Gasteiger partial charge in [0.05, 0.1) is 5.69 Å². The van der Waals surface area contributed by atoms with Crippen LogP contribution in [-0.2, 0) is 7.05 Å². The number of hydrogen-bond donors (Lipinski definition) is 2. The standard InChI is InChI=1S/C14H21N3/c1-14(2,15-3)10-16-12-9-17(4)13-8-6-5-7-11(12)13/h5-9,15-16H,10H2,1-4H3. The van der Waals surface area contributed by atoms with Crippen LogP contribution in [0.4, 0.5) is 5.69 Å². The van der Waals surface area contributed by atoms with Crippen molar-refractivity contribution in [1.29, 1.82) is 0 Å². The summed E-state index contributed by atoms with van der Waals surface area (Å²) in [7, 11) is 4.07. The van der Waals surface area contributed by atoms with Crippen LogP contribution in [0, 0.1) is 0 Å². The third-order valence-electron chi connectivity index (χ3n) is 3.29. The Kier molecular flexibility index (Phi) is 3.11. The molecule has 1 aromatic carbocycles. The van der Waals surface area contributed by atoms with Gasteiger partial charge in [-0.2, -0.15) is 0 Å². The lowest BCUT2D eigenvalue weighted by atomic mass is 10.1. The van der Waals surface area contributed by atoms with E-state index in [0.29, 0.717) is 0 Å². The zero-order valence-electron chi connectivity index (χ0n) is 11.0. The first-order valence-electron chi connectivity index (χ1n) is 6.00. The van der Waals surface area contributed by atoms with E-state index in [-0.39, 0.29) is 5.54 Å². The summed E-state index contributed by atoms with van der Waals surface area (Å²) >= 11 is 0. The van der Waals surface area contributed by atoms with Crippen molar-refractivity contribution in [2.45, 2.75) is 19.4 Å². The van der Waals surface area contributed by atoms with E-state index in [9.17, 15) is 0 Å². The quantitative estimate of drug-likeness (QED) is 0.847. The summed E-state index contributed by atoms with van der Waals surface area (Å²) in [6.07, 6.45) is 2.15. The van der Waals surface area contributed by atoms with E-state index in [0.717, 1.165) is 6.54 Å². The first-order valence-corrected chi connectivity index (χ1v) is 6.00. The summed E-state index contributed by atoms with van der Waals surface area (Å²) in [5, 5.41) is 8.09. The Morgan fingerprint density at radius 3 is 2.65 bits per heavy atom. The summed E-state index contributed by atoms with van der Waals surface area (Å²) < 4.78 is 2.16. The number of anilines is 1. The van der Waals surface area contributed by atoms with Gasteiger partial charge in [0.15, 0.2) is 0 Å². The van der Waals surface area contributed by atoms with Crippen molar-refractivity contribution in [3.63, 3.8) is 0 Å². The van der Waals surface area contributed by atoms with E-state index in [1.807, 2.05) is 7.05 Å². The van der Waals surface area contributed by atoms with Crippen LogP contribution in [0.25, 0.3) is 10.9 Å². The van der Waals surface area contributed by atoms with Crippen molar-refractivity contribution in [2.24, 2.45) is 7.05 Å². The first-order chi connectivity index (χ1) is 8.03. The van der Waals surface area contributed by atoms with Crippen LogP contribution in [0.15, 0.2) is 30.5 Å². The number of benzene rings is 1. The van der Waals surface area contributed by atoms with Crippen LogP contribution in [0.3, 0.4) is 0 Å². The molecule has 92 valence electrons. The molecule has 0 saturated heterocycles. The summed E-state index contributed by atoms with van der Waals surface area (Å²) in [6.45, 7) is 5.27. The number of likely N-dealkylation sites (N-methyl/N-ethyl adjacent to an activating group) is 1. The third-order valence-corrected chi connectivity index (χ3v) is 3.29. The maximum atomic E-state index is 3.52. The van der Waals surface area contributed by atoms with Crippen LogP contribution < -0.4 is 10.6 Å². The molecular weight excluding hydrogens is 210 g/mol. The average Bonchev–Trinajstić information content (AvgIpc) is 2.65.